The molecular formula is C36H57N5O6S+2. The molecule has 0 saturated heterocycles. The van der Waals surface area contributed by atoms with Crippen molar-refractivity contribution in [3.8, 4) is 12.3 Å². The summed E-state index contributed by atoms with van der Waals surface area (Å²) in [7, 11) is -2.34. The van der Waals surface area contributed by atoms with Crippen LogP contribution in [0.15, 0.2) is 49.1 Å². The number of likely N-dealkylation sites (N-methyl/N-ethyl adjacent to an activating group) is 1. The predicted octanol–water partition coefficient (Wildman–Crippen LogP) is 1.07. The minimum absolute atomic E-state index is 0.165. The van der Waals surface area contributed by atoms with Gasteiger partial charge in [0.25, 0.3) is 0 Å². The highest BCUT2D eigenvalue weighted by Gasteiger charge is 2.40. The van der Waals surface area contributed by atoms with Gasteiger partial charge in [-0.1, -0.05) is 76.3 Å². The molecule has 0 radical (unpaired) electrons. The Balaban J connectivity index is 1.80. The molecule has 1 heterocycles. The molecule has 0 bridgehead atoms. The molecule has 2 aromatic rings. The van der Waals surface area contributed by atoms with Crippen LogP contribution in [0.25, 0.3) is 0 Å². The van der Waals surface area contributed by atoms with Crippen LogP contribution in [-0.4, -0.2) is 87.9 Å². The van der Waals surface area contributed by atoms with Crippen molar-refractivity contribution in [2.24, 2.45) is 17.8 Å². The lowest BCUT2D eigenvalue weighted by molar-refractivity contribution is -0.662. The molecule has 1 aliphatic rings. The summed E-state index contributed by atoms with van der Waals surface area (Å²) < 4.78 is 30.1. The Labute approximate surface area is 287 Å². The Morgan fingerprint density at radius 3 is 2.44 bits per heavy atom. The number of benzene rings is 1. The number of terminal acetylenes is 1. The summed E-state index contributed by atoms with van der Waals surface area (Å²) in [5, 5.41) is 25.0. The van der Waals surface area contributed by atoms with E-state index >= 15 is 0 Å². The number of sulfonamides is 1. The van der Waals surface area contributed by atoms with Gasteiger partial charge in [-0.2, -0.15) is 0 Å². The van der Waals surface area contributed by atoms with Crippen LogP contribution in [0.3, 0.4) is 0 Å². The van der Waals surface area contributed by atoms with Gasteiger partial charge in [0.15, 0.2) is 0 Å². The number of hydrogen-bond donors (Lipinski definition) is 4. The summed E-state index contributed by atoms with van der Waals surface area (Å²) in [6.07, 6.45) is 15.5. The van der Waals surface area contributed by atoms with Gasteiger partial charge in [-0.05, 0) is 30.2 Å². The standard InChI is InChI=1S/C36H55N5O6S/c1-5-6-17-31(36(45)39-32(24-29-15-11-8-12-16-29)34(43)33(42)22-27(2)3)38-35(44)30(23-28-13-9-7-10-14-28)25-48(46,47)40(4)20-21-41-19-18-37-26-41/h1,7,9-10,13-14,18-19,26-27,29-34,42-43H,6,8,11-12,15-17,20-25H2,2-4H3,(H,38,44)(H,39,45)/p+2/t30?,31?,32-,33-,34+/m0/s1. The van der Waals surface area contributed by atoms with Crippen LogP contribution in [0.5, 0.6) is 0 Å². The van der Waals surface area contributed by atoms with Crippen molar-refractivity contribution >= 4 is 21.8 Å². The molecule has 11 nitrogen and oxygen atoms in total. The molecule has 1 aliphatic carbocycles. The monoisotopic (exact) mass is 687 g/mol. The van der Waals surface area contributed by atoms with Crippen LogP contribution in [0.2, 0.25) is 0 Å². The van der Waals surface area contributed by atoms with Gasteiger partial charge in [-0.15, -0.1) is 12.3 Å². The lowest BCUT2D eigenvalue weighted by Gasteiger charge is -2.30. The molecule has 1 aromatic heterocycles. The molecule has 12 heteroatoms. The molecule has 0 spiro atoms. The molecule has 6 N–H and O–H groups in total. The fourth-order valence-electron chi connectivity index (χ4n) is 6.57. The zero-order chi connectivity index (χ0) is 35.1. The quantitative estimate of drug-likeness (QED) is 0.151. The minimum Gasteiger partial charge on any atom is -0.390 e. The topological polar surface area (TPSA) is 163 Å². The summed E-state index contributed by atoms with van der Waals surface area (Å²) in [4.78, 5) is 31.9. The third-order valence-corrected chi connectivity index (χ3v) is 11.4. The van der Waals surface area contributed by atoms with Gasteiger partial charge in [0.2, 0.25) is 16.1 Å². The summed E-state index contributed by atoms with van der Waals surface area (Å²) in [5.41, 5.74) is 0.813. The van der Waals surface area contributed by atoms with Crippen molar-refractivity contribution in [3.63, 3.8) is 0 Å². The van der Waals surface area contributed by atoms with Crippen molar-refractivity contribution in [1.82, 2.24) is 13.9 Å². The van der Waals surface area contributed by atoms with Gasteiger partial charge in [-0.25, -0.2) is 27.3 Å². The van der Waals surface area contributed by atoms with Gasteiger partial charge < -0.3 is 14.8 Å². The van der Waals surface area contributed by atoms with E-state index in [1.165, 1.54) is 28.4 Å². The van der Waals surface area contributed by atoms with Crippen molar-refractivity contribution in [3.05, 3.63) is 54.6 Å². The number of imidazole rings is 1. The molecule has 2 unspecified atom stereocenters. The number of quaternary nitrogens is 2. The Bertz CT molecular complexity index is 1390. The van der Waals surface area contributed by atoms with Crippen LogP contribution >= 0.6 is 0 Å². The first kappa shape index (κ1) is 39.5. The number of amides is 2. The van der Waals surface area contributed by atoms with Crippen LogP contribution in [-0.2, 0) is 32.6 Å². The summed E-state index contributed by atoms with van der Waals surface area (Å²) in [5.74, 6) is 0.956. The fraction of sp³-hybridized carbons (Fsp3) is 0.639. The minimum atomic E-state index is -3.84. The summed E-state index contributed by atoms with van der Waals surface area (Å²) in [6, 6.07) is 7.78. The predicted molar refractivity (Wildman–Crippen MR) is 184 cm³/mol. The number of carbonyl (C=O) groups is 2. The molecule has 3 rings (SSSR count). The number of rotatable bonds is 20. The summed E-state index contributed by atoms with van der Waals surface area (Å²) in [6.45, 7) is 4.57. The summed E-state index contributed by atoms with van der Waals surface area (Å²) >= 11 is 0. The molecule has 266 valence electrons. The van der Waals surface area contributed by atoms with E-state index in [-0.39, 0.29) is 37.6 Å². The van der Waals surface area contributed by atoms with E-state index in [0.717, 1.165) is 31.2 Å². The van der Waals surface area contributed by atoms with Crippen LogP contribution in [0.4, 0.5) is 0 Å². The van der Waals surface area contributed by atoms with Crippen LogP contribution in [0, 0.1) is 30.1 Å². The van der Waals surface area contributed by atoms with Crippen molar-refractivity contribution in [2.45, 2.75) is 109 Å². The van der Waals surface area contributed by atoms with Crippen LogP contribution in [0.1, 0.15) is 77.2 Å². The van der Waals surface area contributed by atoms with Gasteiger partial charge >= 0.3 is 11.8 Å². The lowest BCUT2D eigenvalue weighted by atomic mass is 9.82. The number of aliphatic hydroxyl groups excluding tert-OH is 2. The largest absolute Gasteiger partial charge is 0.390 e. The first-order chi connectivity index (χ1) is 22.9. The Morgan fingerprint density at radius 2 is 1.81 bits per heavy atom. The van der Waals surface area contributed by atoms with Gasteiger partial charge in [-0.3, -0.25) is 10.6 Å². The highest BCUT2D eigenvalue weighted by atomic mass is 32.2. The van der Waals surface area contributed by atoms with E-state index in [9.17, 15) is 28.2 Å². The van der Waals surface area contributed by atoms with E-state index in [1.54, 1.807) is 23.3 Å². The van der Waals surface area contributed by atoms with E-state index in [2.05, 4.69) is 10.9 Å². The zero-order valence-electron chi connectivity index (χ0n) is 28.9. The maximum absolute atomic E-state index is 14.0. The second kappa shape index (κ2) is 19.9. The average Bonchev–Trinajstić information content (AvgIpc) is 3.58. The lowest BCUT2D eigenvalue weighted by Crippen LogP contribution is -3.07. The number of primary amides is 2. The van der Waals surface area contributed by atoms with E-state index in [4.69, 9.17) is 6.42 Å². The highest BCUT2D eigenvalue weighted by Crippen LogP contribution is 2.28. The average molecular weight is 688 g/mol. The fourth-order valence-corrected chi connectivity index (χ4v) is 7.98. The molecule has 1 aromatic carbocycles. The smallest absolute Gasteiger partial charge is 0.369 e. The molecule has 1 saturated carbocycles. The molecule has 5 atom stereocenters. The number of carbonyl (C=O) groups excluding carboxylic acids is 2. The van der Waals surface area contributed by atoms with Crippen molar-refractivity contribution in [2.75, 3.05) is 19.3 Å². The maximum Gasteiger partial charge on any atom is 0.369 e. The Hall–Kier alpha value is -2.92. The molecule has 2 amide bonds. The first-order valence-electron chi connectivity index (χ1n) is 17.4. The zero-order valence-corrected chi connectivity index (χ0v) is 29.7. The SMILES string of the molecule is C#CCCC([NH2+]C(=O)C(Cc1ccccc1)CS(=O)(=O)N(C)CCn1ccnc1)C(=O)[NH2+][C@@H](CC1CCCCC1)[C@@H](O)[C@@H](O)CC(C)C. The van der Waals surface area contributed by atoms with Gasteiger partial charge in [0.05, 0.1) is 24.1 Å². The van der Waals surface area contributed by atoms with Gasteiger partial charge in [0, 0.05) is 51.8 Å². The Kier molecular flexibility index (Phi) is 16.4. The molecule has 48 heavy (non-hydrogen) atoms. The van der Waals surface area contributed by atoms with Crippen molar-refractivity contribution < 1.29 is 38.9 Å². The highest BCUT2D eigenvalue weighted by molar-refractivity contribution is 7.89. The molecule has 1 fully saturated rings. The van der Waals surface area contributed by atoms with Crippen LogP contribution < -0.4 is 10.6 Å². The molecular weight excluding hydrogens is 630 g/mol. The third-order valence-electron chi connectivity index (χ3n) is 9.43. The third kappa shape index (κ3) is 13.2. The Morgan fingerprint density at radius 1 is 1.10 bits per heavy atom. The maximum atomic E-state index is 14.0. The van der Waals surface area contributed by atoms with Gasteiger partial charge in [0.1, 0.15) is 12.1 Å². The number of aromatic nitrogens is 2. The van der Waals surface area contributed by atoms with E-state index < -0.39 is 51.9 Å². The number of nitrogens with zero attached hydrogens (tertiary/aromatic N) is 3. The number of aliphatic hydroxyl groups is 2. The normalized spacial score (nSPS) is 17.5. The van der Waals surface area contributed by atoms with Crippen molar-refractivity contribution in [1.29, 1.82) is 0 Å². The second-order valence-electron chi connectivity index (χ2n) is 13.9. The van der Waals surface area contributed by atoms with E-state index in [0.29, 0.717) is 25.3 Å². The molecule has 0 aliphatic heterocycles. The first-order valence-corrected chi connectivity index (χ1v) is 19.0. The number of hydrogen-bond acceptors (Lipinski definition) is 7. The number of nitrogens with two attached hydrogens (primary N) is 2. The van der Waals surface area contributed by atoms with E-state index in [1.807, 2.05) is 44.2 Å². The second-order valence-corrected chi connectivity index (χ2v) is 16.0.